The van der Waals surface area contributed by atoms with Crippen LogP contribution in [0.1, 0.15) is 53.0 Å². The Balaban J connectivity index is 1.87. The normalized spacial score (nSPS) is 11.7. The van der Waals surface area contributed by atoms with Gasteiger partial charge in [0, 0.05) is 23.1 Å². The third-order valence-electron chi connectivity index (χ3n) is 5.11. The van der Waals surface area contributed by atoms with Crippen LogP contribution in [0.15, 0.2) is 48.9 Å². The van der Waals surface area contributed by atoms with Crippen molar-refractivity contribution in [2.75, 3.05) is 5.32 Å². The van der Waals surface area contributed by atoms with Crippen LogP contribution < -0.4 is 5.32 Å². The fourth-order valence-electron chi connectivity index (χ4n) is 3.32. The number of nitrogens with zero attached hydrogens (tertiary/aromatic N) is 2. The van der Waals surface area contributed by atoms with E-state index in [1.54, 1.807) is 25.3 Å². The average molecular weight is 429 g/mol. The summed E-state index contributed by atoms with van der Waals surface area (Å²) < 4.78 is 41.7. The molecule has 0 saturated heterocycles. The van der Waals surface area contributed by atoms with E-state index in [4.69, 9.17) is 0 Å². The zero-order valence-electron chi connectivity index (χ0n) is 18.0. The van der Waals surface area contributed by atoms with Gasteiger partial charge in [0.05, 0.1) is 17.6 Å². The number of imidazole rings is 1. The lowest BCUT2D eigenvalue weighted by atomic mass is 9.97. The Kier molecular flexibility index (Phi) is 6.53. The van der Waals surface area contributed by atoms with E-state index in [2.05, 4.69) is 24.1 Å². The highest BCUT2D eigenvalue weighted by Gasteiger charge is 2.31. The first-order valence-corrected chi connectivity index (χ1v) is 10.2. The maximum absolute atomic E-state index is 13.4. The summed E-state index contributed by atoms with van der Waals surface area (Å²) in [6, 6.07) is 8.88. The summed E-state index contributed by atoms with van der Waals surface area (Å²) in [5.41, 5.74) is 2.74. The van der Waals surface area contributed by atoms with Crippen molar-refractivity contribution in [1.29, 1.82) is 0 Å². The number of benzene rings is 2. The molecule has 1 N–H and O–H groups in total. The highest BCUT2D eigenvalue weighted by atomic mass is 19.4. The first-order valence-electron chi connectivity index (χ1n) is 10.2. The van der Waals surface area contributed by atoms with Gasteiger partial charge in [-0.2, -0.15) is 13.2 Å². The number of anilines is 1. The quantitative estimate of drug-likeness (QED) is 0.496. The molecular weight excluding hydrogens is 403 g/mol. The maximum atomic E-state index is 13.4. The van der Waals surface area contributed by atoms with E-state index < -0.39 is 17.6 Å². The Morgan fingerprint density at radius 1 is 1.13 bits per heavy atom. The van der Waals surface area contributed by atoms with Crippen LogP contribution in [-0.2, 0) is 12.6 Å². The molecule has 1 heterocycles. The molecule has 164 valence electrons. The number of amides is 1. The molecular formula is C24H26F3N3O. The second-order valence-corrected chi connectivity index (χ2v) is 8.22. The molecule has 0 spiro atoms. The van der Waals surface area contributed by atoms with Gasteiger partial charge in [-0.25, -0.2) is 4.98 Å². The van der Waals surface area contributed by atoms with Crippen molar-refractivity contribution in [2.24, 2.45) is 5.92 Å². The zero-order chi connectivity index (χ0) is 22.8. The highest BCUT2D eigenvalue weighted by Crippen LogP contribution is 2.33. The zero-order valence-corrected chi connectivity index (χ0v) is 18.0. The van der Waals surface area contributed by atoms with Gasteiger partial charge < -0.3 is 9.88 Å². The van der Waals surface area contributed by atoms with Crippen molar-refractivity contribution in [3.05, 3.63) is 76.9 Å². The first-order chi connectivity index (χ1) is 14.5. The molecule has 0 aliphatic carbocycles. The van der Waals surface area contributed by atoms with E-state index in [1.807, 2.05) is 13.0 Å². The third kappa shape index (κ3) is 5.75. The fourth-order valence-corrected chi connectivity index (χ4v) is 3.32. The molecule has 4 nitrogen and oxygen atoms in total. The number of rotatable bonds is 6. The molecule has 31 heavy (non-hydrogen) atoms. The number of aromatic nitrogens is 2. The molecule has 7 heteroatoms. The molecule has 0 atom stereocenters. The van der Waals surface area contributed by atoms with Crippen LogP contribution >= 0.6 is 0 Å². The van der Waals surface area contributed by atoms with Crippen molar-refractivity contribution in [2.45, 2.75) is 46.7 Å². The molecule has 2 aromatic carbocycles. The molecule has 1 aromatic heterocycles. The van der Waals surface area contributed by atoms with Gasteiger partial charge in [-0.1, -0.05) is 19.9 Å². The second-order valence-electron chi connectivity index (χ2n) is 8.22. The van der Waals surface area contributed by atoms with E-state index in [0.717, 1.165) is 30.5 Å². The third-order valence-corrected chi connectivity index (χ3v) is 5.11. The molecule has 0 radical (unpaired) electrons. The minimum atomic E-state index is -4.54. The molecule has 0 fully saturated rings. The Morgan fingerprint density at radius 3 is 2.45 bits per heavy atom. The standard InChI is InChI=1S/C24H26F3N3O/c1-15(2)5-6-18-7-8-19(9-16(18)3)23(31)29-21-10-20(24(25,26)27)11-22(12-21)30-13-17(4)28-14-30/h7-15H,5-6H2,1-4H3,(H,29,31). The molecule has 0 saturated carbocycles. The number of nitrogens with one attached hydrogen (secondary N) is 1. The molecule has 0 unspecified atom stereocenters. The van der Waals surface area contributed by atoms with E-state index in [-0.39, 0.29) is 11.4 Å². The topological polar surface area (TPSA) is 46.9 Å². The Hall–Kier alpha value is -3.09. The SMILES string of the molecule is Cc1cn(-c2cc(NC(=O)c3ccc(CCC(C)C)c(C)c3)cc(C(F)(F)F)c2)cn1. The Labute approximate surface area is 180 Å². The minimum Gasteiger partial charge on any atom is -0.322 e. The van der Waals surface area contributed by atoms with E-state index in [9.17, 15) is 18.0 Å². The molecule has 0 bridgehead atoms. The van der Waals surface area contributed by atoms with E-state index in [1.165, 1.54) is 22.5 Å². The van der Waals surface area contributed by atoms with Crippen molar-refractivity contribution in [3.8, 4) is 5.69 Å². The monoisotopic (exact) mass is 429 g/mol. The largest absolute Gasteiger partial charge is 0.416 e. The lowest BCUT2D eigenvalue weighted by molar-refractivity contribution is -0.137. The van der Waals surface area contributed by atoms with Crippen LogP contribution in [0, 0.1) is 19.8 Å². The van der Waals surface area contributed by atoms with E-state index in [0.29, 0.717) is 17.2 Å². The van der Waals surface area contributed by atoms with Gasteiger partial charge in [0.2, 0.25) is 0 Å². The summed E-state index contributed by atoms with van der Waals surface area (Å²) in [4.78, 5) is 16.8. The van der Waals surface area contributed by atoms with Gasteiger partial charge in [0.15, 0.2) is 0 Å². The average Bonchev–Trinajstić information content (AvgIpc) is 3.12. The number of carbonyl (C=O) groups is 1. The summed E-state index contributed by atoms with van der Waals surface area (Å²) in [6.07, 6.45) is 0.496. The number of aryl methyl sites for hydroxylation is 3. The Morgan fingerprint density at radius 2 is 1.87 bits per heavy atom. The number of hydrogen-bond donors (Lipinski definition) is 1. The molecule has 0 aliphatic rings. The first kappa shape index (κ1) is 22.6. The fraction of sp³-hybridized carbons (Fsp3) is 0.333. The van der Waals surface area contributed by atoms with Crippen LogP contribution in [0.3, 0.4) is 0 Å². The van der Waals surface area contributed by atoms with Gasteiger partial charge >= 0.3 is 6.18 Å². The predicted octanol–water partition coefficient (Wildman–Crippen LogP) is 6.35. The second kappa shape index (κ2) is 8.96. The van der Waals surface area contributed by atoms with E-state index >= 15 is 0 Å². The molecule has 0 aliphatic heterocycles. The summed E-state index contributed by atoms with van der Waals surface area (Å²) in [5, 5.41) is 2.61. The van der Waals surface area contributed by atoms with Gasteiger partial charge in [-0.05, 0) is 74.1 Å². The smallest absolute Gasteiger partial charge is 0.322 e. The van der Waals surface area contributed by atoms with Gasteiger partial charge in [0.25, 0.3) is 5.91 Å². The molecule has 1 amide bonds. The van der Waals surface area contributed by atoms with Crippen LogP contribution in [0.2, 0.25) is 0 Å². The summed E-state index contributed by atoms with van der Waals surface area (Å²) >= 11 is 0. The van der Waals surface area contributed by atoms with Gasteiger partial charge in [-0.3, -0.25) is 4.79 Å². The summed E-state index contributed by atoms with van der Waals surface area (Å²) in [5.74, 6) is 0.127. The van der Waals surface area contributed by atoms with Crippen LogP contribution in [-0.4, -0.2) is 15.5 Å². The summed E-state index contributed by atoms with van der Waals surface area (Å²) in [7, 11) is 0. The number of alkyl halides is 3. The lowest BCUT2D eigenvalue weighted by Crippen LogP contribution is -2.14. The van der Waals surface area contributed by atoms with Crippen molar-refractivity contribution in [1.82, 2.24) is 9.55 Å². The van der Waals surface area contributed by atoms with Crippen LogP contribution in [0.4, 0.5) is 18.9 Å². The van der Waals surface area contributed by atoms with Gasteiger partial charge in [0.1, 0.15) is 0 Å². The van der Waals surface area contributed by atoms with Gasteiger partial charge in [-0.15, -0.1) is 0 Å². The number of hydrogen-bond acceptors (Lipinski definition) is 2. The van der Waals surface area contributed by atoms with Crippen LogP contribution in [0.25, 0.3) is 5.69 Å². The molecule has 3 rings (SSSR count). The minimum absolute atomic E-state index is 0.0720. The highest BCUT2D eigenvalue weighted by molar-refractivity contribution is 6.04. The summed E-state index contributed by atoms with van der Waals surface area (Å²) in [6.45, 7) is 8.01. The number of halogens is 3. The number of carbonyl (C=O) groups excluding carboxylic acids is 1. The molecule has 3 aromatic rings. The van der Waals surface area contributed by atoms with Crippen molar-refractivity contribution >= 4 is 11.6 Å². The van der Waals surface area contributed by atoms with Crippen molar-refractivity contribution in [3.63, 3.8) is 0 Å². The predicted molar refractivity (Wildman–Crippen MR) is 116 cm³/mol. The van der Waals surface area contributed by atoms with Crippen molar-refractivity contribution < 1.29 is 18.0 Å². The maximum Gasteiger partial charge on any atom is 0.416 e. The Bertz CT molecular complexity index is 1080. The lowest BCUT2D eigenvalue weighted by Gasteiger charge is -2.14. The van der Waals surface area contributed by atoms with Crippen LogP contribution in [0.5, 0.6) is 0 Å².